The Kier molecular flexibility index (Phi) is 4.61. The summed E-state index contributed by atoms with van der Waals surface area (Å²) in [5.41, 5.74) is 2.03. The molecule has 1 aromatic carbocycles. The first-order chi connectivity index (χ1) is 10.1. The Balaban J connectivity index is 2.41. The lowest BCUT2D eigenvalue weighted by molar-refractivity contribution is 0.786. The summed E-state index contributed by atoms with van der Waals surface area (Å²) in [5, 5.41) is 13.2. The van der Waals surface area contributed by atoms with E-state index >= 15 is 0 Å². The van der Waals surface area contributed by atoms with Crippen molar-refractivity contribution in [1.82, 2.24) is 4.68 Å². The van der Waals surface area contributed by atoms with Gasteiger partial charge in [-0.2, -0.15) is 10.4 Å². The van der Waals surface area contributed by atoms with Crippen molar-refractivity contribution in [1.29, 1.82) is 5.26 Å². The largest absolute Gasteiger partial charge is 0.289 e. The Bertz CT molecular complexity index is 783. The molecular formula is C16H15N3OS. The zero-order valence-corrected chi connectivity index (χ0v) is 12.9. The summed E-state index contributed by atoms with van der Waals surface area (Å²) in [6, 6.07) is 11.6. The SMILES string of the molecule is CSc1ccc(/C=N\n2c(C)cc(C)c(C#N)c2=O)cc1. The Morgan fingerprint density at radius 1 is 1.29 bits per heavy atom. The van der Waals surface area contributed by atoms with Gasteiger partial charge in [-0.05, 0) is 49.4 Å². The molecule has 1 heterocycles. The van der Waals surface area contributed by atoms with Gasteiger partial charge in [-0.15, -0.1) is 11.8 Å². The molecule has 106 valence electrons. The molecule has 5 heteroatoms. The second-order valence-electron chi connectivity index (χ2n) is 4.59. The van der Waals surface area contributed by atoms with Crippen molar-refractivity contribution >= 4 is 18.0 Å². The maximum atomic E-state index is 12.2. The van der Waals surface area contributed by atoms with Crippen LogP contribution in [0.3, 0.4) is 0 Å². The van der Waals surface area contributed by atoms with Crippen LogP contribution in [0.5, 0.6) is 0 Å². The van der Waals surface area contributed by atoms with Crippen molar-refractivity contribution in [3.05, 3.63) is 63.1 Å². The number of pyridine rings is 1. The lowest BCUT2D eigenvalue weighted by Gasteiger charge is -2.06. The van der Waals surface area contributed by atoms with Gasteiger partial charge in [0.25, 0.3) is 5.56 Å². The fourth-order valence-electron chi connectivity index (χ4n) is 1.98. The molecule has 0 aliphatic carbocycles. The van der Waals surface area contributed by atoms with Crippen LogP contribution in [0.2, 0.25) is 0 Å². The van der Waals surface area contributed by atoms with E-state index < -0.39 is 0 Å². The van der Waals surface area contributed by atoms with Crippen LogP contribution in [-0.4, -0.2) is 17.1 Å². The fraction of sp³-hybridized carbons (Fsp3) is 0.188. The minimum Gasteiger partial charge on any atom is -0.266 e. The van der Waals surface area contributed by atoms with Crippen LogP contribution in [0.4, 0.5) is 0 Å². The van der Waals surface area contributed by atoms with E-state index in [1.807, 2.05) is 36.6 Å². The minimum absolute atomic E-state index is 0.135. The smallest absolute Gasteiger partial charge is 0.266 e. The fourth-order valence-corrected chi connectivity index (χ4v) is 2.38. The Hall–Kier alpha value is -2.32. The van der Waals surface area contributed by atoms with Gasteiger partial charge in [0, 0.05) is 10.6 Å². The summed E-state index contributed by atoms with van der Waals surface area (Å²) in [6.45, 7) is 3.55. The molecule has 1 aromatic heterocycles. The summed E-state index contributed by atoms with van der Waals surface area (Å²) >= 11 is 1.67. The van der Waals surface area contributed by atoms with Gasteiger partial charge in [0.1, 0.15) is 11.6 Å². The maximum absolute atomic E-state index is 12.2. The van der Waals surface area contributed by atoms with Crippen molar-refractivity contribution in [2.45, 2.75) is 18.7 Å². The van der Waals surface area contributed by atoms with E-state index in [9.17, 15) is 4.79 Å². The summed E-state index contributed by atoms with van der Waals surface area (Å²) in [4.78, 5) is 13.4. The Labute approximate surface area is 127 Å². The van der Waals surface area contributed by atoms with Crippen molar-refractivity contribution in [3.63, 3.8) is 0 Å². The van der Waals surface area contributed by atoms with Crippen LogP contribution in [0.25, 0.3) is 0 Å². The van der Waals surface area contributed by atoms with Crippen molar-refractivity contribution in [2.24, 2.45) is 5.10 Å². The first-order valence-electron chi connectivity index (χ1n) is 6.38. The highest BCUT2D eigenvalue weighted by Crippen LogP contribution is 2.14. The summed E-state index contributed by atoms with van der Waals surface area (Å²) < 4.78 is 1.26. The van der Waals surface area contributed by atoms with Crippen LogP contribution in [0.1, 0.15) is 22.4 Å². The molecule has 0 spiro atoms. The number of nitriles is 1. The Morgan fingerprint density at radius 2 is 1.95 bits per heavy atom. The average molecular weight is 297 g/mol. The van der Waals surface area contributed by atoms with Crippen LogP contribution in [-0.2, 0) is 0 Å². The van der Waals surface area contributed by atoms with Gasteiger partial charge in [-0.3, -0.25) is 4.79 Å². The molecule has 0 saturated heterocycles. The van der Waals surface area contributed by atoms with E-state index in [4.69, 9.17) is 5.26 Å². The molecule has 4 nitrogen and oxygen atoms in total. The van der Waals surface area contributed by atoms with E-state index in [2.05, 4.69) is 5.10 Å². The van der Waals surface area contributed by atoms with Gasteiger partial charge in [-0.1, -0.05) is 12.1 Å². The lowest BCUT2D eigenvalue weighted by Crippen LogP contribution is -2.22. The average Bonchev–Trinajstić information content (AvgIpc) is 2.47. The number of thioether (sulfide) groups is 1. The molecular weight excluding hydrogens is 282 g/mol. The molecule has 0 fully saturated rings. The maximum Gasteiger partial charge on any atom is 0.289 e. The molecule has 0 unspecified atom stereocenters. The summed E-state index contributed by atoms with van der Waals surface area (Å²) in [6.07, 6.45) is 3.64. The number of nitrogens with zero attached hydrogens (tertiary/aromatic N) is 3. The van der Waals surface area contributed by atoms with Crippen LogP contribution >= 0.6 is 11.8 Å². The standard InChI is InChI=1S/C16H15N3OS/c1-11-8-12(2)19(16(20)15(11)9-17)18-10-13-4-6-14(21-3)7-5-13/h4-8,10H,1-3H3/b18-10-. The number of aryl methyl sites for hydroxylation is 2. The highest BCUT2D eigenvalue weighted by molar-refractivity contribution is 7.98. The quantitative estimate of drug-likeness (QED) is 0.646. The van der Waals surface area contributed by atoms with Crippen LogP contribution < -0.4 is 5.56 Å². The van der Waals surface area contributed by atoms with Gasteiger partial charge >= 0.3 is 0 Å². The first kappa shape index (κ1) is 15.1. The predicted octanol–water partition coefficient (Wildman–Crippen LogP) is 2.94. The van der Waals surface area contributed by atoms with E-state index in [0.29, 0.717) is 11.3 Å². The normalized spacial score (nSPS) is 10.8. The van der Waals surface area contributed by atoms with Crippen molar-refractivity contribution < 1.29 is 0 Å². The third-order valence-electron chi connectivity index (χ3n) is 3.11. The molecule has 0 atom stereocenters. The number of hydrogen-bond donors (Lipinski definition) is 0. The third-order valence-corrected chi connectivity index (χ3v) is 3.85. The Morgan fingerprint density at radius 3 is 2.52 bits per heavy atom. The van der Waals surface area contributed by atoms with Gasteiger partial charge in [0.15, 0.2) is 0 Å². The first-order valence-corrected chi connectivity index (χ1v) is 7.61. The highest BCUT2D eigenvalue weighted by Gasteiger charge is 2.08. The minimum atomic E-state index is -0.382. The van der Waals surface area contributed by atoms with Crippen molar-refractivity contribution in [2.75, 3.05) is 6.26 Å². The lowest BCUT2D eigenvalue weighted by atomic mass is 10.1. The van der Waals surface area contributed by atoms with Gasteiger partial charge in [-0.25, -0.2) is 4.68 Å². The third kappa shape index (κ3) is 3.23. The van der Waals surface area contributed by atoms with Crippen molar-refractivity contribution in [3.8, 4) is 6.07 Å². The van der Waals surface area contributed by atoms with Gasteiger partial charge < -0.3 is 0 Å². The summed E-state index contributed by atoms with van der Waals surface area (Å²) in [7, 11) is 0. The second-order valence-corrected chi connectivity index (χ2v) is 5.47. The number of hydrogen-bond acceptors (Lipinski definition) is 4. The van der Waals surface area contributed by atoms with Crippen LogP contribution in [0, 0.1) is 25.2 Å². The van der Waals surface area contributed by atoms with Gasteiger partial charge in [0.2, 0.25) is 0 Å². The molecule has 0 aliphatic heterocycles. The molecule has 0 saturated carbocycles. The second kappa shape index (κ2) is 6.42. The van der Waals surface area contributed by atoms with E-state index in [-0.39, 0.29) is 11.1 Å². The highest BCUT2D eigenvalue weighted by atomic mass is 32.2. The van der Waals surface area contributed by atoms with Gasteiger partial charge in [0.05, 0.1) is 6.21 Å². The molecule has 0 radical (unpaired) electrons. The predicted molar refractivity (Wildman–Crippen MR) is 86.1 cm³/mol. The molecule has 0 bridgehead atoms. The van der Waals surface area contributed by atoms with E-state index in [1.54, 1.807) is 37.9 Å². The van der Waals surface area contributed by atoms with E-state index in [1.165, 1.54) is 9.57 Å². The topological polar surface area (TPSA) is 58.1 Å². The summed E-state index contributed by atoms with van der Waals surface area (Å²) in [5.74, 6) is 0. The number of rotatable bonds is 3. The number of aromatic nitrogens is 1. The van der Waals surface area contributed by atoms with E-state index in [0.717, 1.165) is 5.56 Å². The molecule has 2 aromatic rings. The monoisotopic (exact) mass is 297 g/mol. The number of benzene rings is 1. The molecule has 0 aliphatic rings. The molecule has 2 rings (SSSR count). The molecule has 0 amide bonds. The van der Waals surface area contributed by atoms with Crippen LogP contribution in [0.15, 0.2) is 45.1 Å². The molecule has 21 heavy (non-hydrogen) atoms. The molecule has 0 N–H and O–H groups in total. The zero-order chi connectivity index (χ0) is 15.4. The zero-order valence-electron chi connectivity index (χ0n) is 12.1.